The predicted octanol–water partition coefficient (Wildman–Crippen LogP) is 0.899. The molecule has 4 nitrogen and oxygen atoms in total. The van der Waals surface area contributed by atoms with Gasteiger partial charge in [-0.3, -0.25) is 4.79 Å². The summed E-state index contributed by atoms with van der Waals surface area (Å²) in [6.45, 7) is 1.49. The maximum atomic E-state index is 10.8. The molecule has 1 aliphatic rings. The van der Waals surface area contributed by atoms with E-state index in [1.807, 2.05) is 0 Å². The molecule has 0 amide bonds. The van der Waals surface area contributed by atoms with Crippen LogP contribution in [0.3, 0.4) is 0 Å². The van der Waals surface area contributed by atoms with Crippen molar-refractivity contribution >= 4 is 23.5 Å². The molecule has 0 spiro atoms. The Morgan fingerprint density at radius 1 is 1.83 bits per heavy atom. The van der Waals surface area contributed by atoms with Crippen molar-refractivity contribution in [3.8, 4) is 0 Å². The minimum Gasteiger partial charge on any atom is -0.481 e. The summed E-state index contributed by atoms with van der Waals surface area (Å²) in [5, 5.41) is 8.39. The van der Waals surface area contributed by atoms with Crippen LogP contribution in [-0.4, -0.2) is 22.6 Å². The fourth-order valence-electron chi connectivity index (χ4n) is 1.00. The van der Waals surface area contributed by atoms with Crippen molar-refractivity contribution in [1.82, 2.24) is 0 Å². The second-order valence-electron chi connectivity index (χ2n) is 2.76. The minimum atomic E-state index is -1.08. The summed E-state index contributed by atoms with van der Waals surface area (Å²) in [5.74, 6) is -1.70. The Kier molecular flexibility index (Phi) is 2.10. The van der Waals surface area contributed by atoms with Gasteiger partial charge in [0.25, 0.3) is 0 Å². The summed E-state index contributed by atoms with van der Waals surface area (Å²) in [5.41, 5.74) is -1.08. The highest BCUT2D eigenvalue weighted by Gasteiger charge is 2.37. The summed E-state index contributed by atoms with van der Waals surface area (Å²) in [6, 6.07) is 0. The summed E-state index contributed by atoms with van der Waals surface area (Å²) in [6.07, 6.45) is 1.04. The maximum Gasteiger partial charge on any atom is 0.350 e. The first-order chi connectivity index (χ1) is 5.43. The zero-order chi connectivity index (χ0) is 9.35. The normalized spacial score (nSPS) is 28.2. The largest absolute Gasteiger partial charge is 0.481 e. The number of esters is 1. The number of carbonyl (C=O) groups excluding carboxylic acids is 1. The monoisotopic (exact) mass is 190 g/mol. The Balaban J connectivity index is 2.77. The fourth-order valence-corrected chi connectivity index (χ4v) is 1.27. The molecule has 0 fully saturated rings. The molecular formula is C7H7ClO4. The van der Waals surface area contributed by atoms with Crippen LogP contribution >= 0.6 is 11.6 Å². The molecule has 66 valence electrons. The van der Waals surface area contributed by atoms with Crippen LogP contribution in [0, 0.1) is 0 Å². The third kappa shape index (κ3) is 1.76. The van der Waals surface area contributed by atoms with Crippen LogP contribution in [0.15, 0.2) is 11.1 Å². The van der Waals surface area contributed by atoms with E-state index in [4.69, 9.17) is 21.4 Å². The lowest BCUT2D eigenvalue weighted by Gasteiger charge is -2.17. The van der Waals surface area contributed by atoms with Crippen molar-refractivity contribution in [2.24, 2.45) is 0 Å². The average Bonchev–Trinajstić information content (AvgIpc) is 2.04. The van der Waals surface area contributed by atoms with Crippen LogP contribution in [0.5, 0.6) is 0 Å². The Hall–Kier alpha value is -1.03. The molecular weight excluding hydrogens is 184 g/mol. The molecule has 0 saturated heterocycles. The van der Waals surface area contributed by atoms with Crippen LogP contribution in [0.25, 0.3) is 0 Å². The molecule has 1 aliphatic heterocycles. The van der Waals surface area contributed by atoms with Crippen molar-refractivity contribution in [1.29, 1.82) is 0 Å². The molecule has 1 unspecified atom stereocenters. The van der Waals surface area contributed by atoms with E-state index in [0.717, 1.165) is 0 Å². The van der Waals surface area contributed by atoms with Gasteiger partial charge in [0.2, 0.25) is 0 Å². The first-order valence-electron chi connectivity index (χ1n) is 3.26. The number of aliphatic carboxylic acids is 1. The highest BCUT2D eigenvalue weighted by atomic mass is 35.5. The zero-order valence-electron chi connectivity index (χ0n) is 6.33. The Morgan fingerprint density at radius 2 is 2.42 bits per heavy atom. The number of carboxylic acid groups (broad SMARTS) is 1. The first-order valence-corrected chi connectivity index (χ1v) is 3.64. The van der Waals surface area contributed by atoms with Gasteiger partial charge >= 0.3 is 11.9 Å². The van der Waals surface area contributed by atoms with Crippen molar-refractivity contribution < 1.29 is 19.4 Å². The molecule has 1 atom stereocenters. The van der Waals surface area contributed by atoms with Gasteiger partial charge in [-0.1, -0.05) is 11.6 Å². The number of cyclic esters (lactones) is 1. The van der Waals surface area contributed by atoms with Gasteiger partial charge in [-0.15, -0.1) is 0 Å². The van der Waals surface area contributed by atoms with Gasteiger partial charge in [0.15, 0.2) is 0 Å². The van der Waals surface area contributed by atoms with E-state index in [1.165, 1.54) is 13.0 Å². The minimum absolute atomic E-state index is 0.0567. The number of rotatable bonds is 2. The lowest BCUT2D eigenvalue weighted by molar-refractivity contribution is -0.150. The van der Waals surface area contributed by atoms with Gasteiger partial charge < -0.3 is 9.84 Å². The van der Waals surface area contributed by atoms with Gasteiger partial charge in [0, 0.05) is 0 Å². The second-order valence-corrected chi connectivity index (χ2v) is 3.17. The second kappa shape index (κ2) is 2.79. The predicted molar refractivity (Wildman–Crippen MR) is 40.7 cm³/mol. The van der Waals surface area contributed by atoms with E-state index in [1.54, 1.807) is 0 Å². The molecule has 12 heavy (non-hydrogen) atoms. The van der Waals surface area contributed by atoms with Gasteiger partial charge in [-0.05, 0) is 13.0 Å². The topological polar surface area (TPSA) is 63.6 Å². The Morgan fingerprint density at radius 3 is 2.75 bits per heavy atom. The highest BCUT2D eigenvalue weighted by Crippen LogP contribution is 2.29. The molecule has 0 aromatic carbocycles. The third-order valence-corrected chi connectivity index (χ3v) is 1.72. The van der Waals surface area contributed by atoms with E-state index in [-0.39, 0.29) is 11.5 Å². The van der Waals surface area contributed by atoms with Crippen LogP contribution in [0.4, 0.5) is 0 Å². The van der Waals surface area contributed by atoms with Crippen LogP contribution in [-0.2, 0) is 14.3 Å². The molecule has 0 aliphatic carbocycles. The van der Waals surface area contributed by atoms with E-state index in [9.17, 15) is 9.59 Å². The molecule has 0 saturated carbocycles. The molecule has 1 N–H and O–H groups in total. The summed E-state index contributed by atoms with van der Waals surface area (Å²) >= 11 is 5.42. The standard InChI is InChI=1S/C7H7ClO4/c1-7(3-5(9)10)2-4(8)6(11)12-7/h2H,3H2,1H3,(H,9,10). The van der Waals surface area contributed by atoms with Gasteiger partial charge in [-0.25, -0.2) is 4.79 Å². The quantitative estimate of drug-likeness (QED) is 0.657. The SMILES string of the molecule is CC1(CC(=O)O)C=C(Cl)C(=O)O1. The summed E-state index contributed by atoms with van der Waals surface area (Å²) < 4.78 is 4.73. The third-order valence-electron chi connectivity index (χ3n) is 1.46. The highest BCUT2D eigenvalue weighted by molar-refractivity contribution is 6.41. The Bertz CT molecular complexity index is 271. The van der Waals surface area contributed by atoms with Gasteiger partial charge in [0.1, 0.15) is 10.6 Å². The van der Waals surface area contributed by atoms with Crippen molar-refractivity contribution in [2.45, 2.75) is 18.9 Å². The van der Waals surface area contributed by atoms with Crippen LogP contribution in [0.1, 0.15) is 13.3 Å². The molecule has 1 rings (SSSR count). The summed E-state index contributed by atoms with van der Waals surface area (Å²) in [4.78, 5) is 21.1. The molecule has 0 bridgehead atoms. The van der Waals surface area contributed by atoms with E-state index >= 15 is 0 Å². The molecule has 1 heterocycles. The molecule has 0 aromatic heterocycles. The average molecular weight is 191 g/mol. The van der Waals surface area contributed by atoms with Crippen LogP contribution in [0.2, 0.25) is 0 Å². The van der Waals surface area contributed by atoms with Crippen molar-refractivity contribution in [3.63, 3.8) is 0 Å². The fraction of sp³-hybridized carbons (Fsp3) is 0.429. The zero-order valence-corrected chi connectivity index (χ0v) is 7.09. The van der Waals surface area contributed by atoms with Gasteiger partial charge in [-0.2, -0.15) is 0 Å². The summed E-state index contributed by atoms with van der Waals surface area (Å²) in [7, 11) is 0. The molecule has 5 heteroatoms. The molecule has 0 radical (unpaired) electrons. The van der Waals surface area contributed by atoms with Crippen molar-refractivity contribution in [3.05, 3.63) is 11.1 Å². The van der Waals surface area contributed by atoms with E-state index < -0.39 is 17.5 Å². The number of ether oxygens (including phenoxy) is 1. The van der Waals surface area contributed by atoms with Crippen LogP contribution < -0.4 is 0 Å². The van der Waals surface area contributed by atoms with Crippen molar-refractivity contribution in [2.75, 3.05) is 0 Å². The number of hydrogen-bond acceptors (Lipinski definition) is 3. The smallest absolute Gasteiger partial charge is 0.350 e. The van der Waals surface area contributed by atoms with Gasteiger partial charge in [0.05, 0.1) is 6.42 Å². The number of halogens is 1. The molecule has 0 aromatic rings. The lowest BCUT2D eigenvalue weighted by Crippen LogP contribution is -2.27. The maximum absolute atomic E-state index is 10.8. The van der Waals surface area contributed by atoms with E-state index in [0.29, 0.717) is 0 Å². The number of carbonyl (C=O) groups is 2. The first kappa shape index (κ1) is 9.06. The Labute approximate surface area is 73.8 Å². The lowest BCUT2D eigenvalue weighted by atomic mass is 10.0. The number of carboxylic acids is 1. The number of hydrogen-bond donors (Lipinski definition) is 1. The van der Waals surface area contributed by atoms with E-state index in [2.05, 4.69) is 0 Å².